The molecule has 7 heteroatoms. The molecule has 0 fully saturated rings. The van der Waals surface area contributed by atoms with Crippen molar-refractivity contribution in [2.75, 3.05) is 7.11 Å². The van der Waals surface area contributed by atoms with E-state index >= 15 is 0 Å². The molecule has 0 saturated heterocycles. The van der Waals surface area contributed by atoms with Crippen LogP contribution in [0.25, 0.3) is 6.08 Å². The maximum Gasteiger partial charge on any atom is 0.231 e. The second-order valence-corrected chi connectivity index (χ2v) is 8.66. The zero-order valence-electron chi connectivity index (χ0n) is 16.7. The van der Waals surface area contributed by atoms with Crippen LogP contribution in [0.2, 0.25) is 10.0 Å². The van der Waals surface area contributed by atoms with Gasteiger partial charge >= 0.3 is 0 Å². The lowest BCUT2D eigenvalue weighted by atomic mass is 10.1. The molecule has 3 aromatic rings. The fourth-order valence-corrected chi connectivity index (χ4v) is 3.97. The molecule has 1 aliphatic rings. The van der Waals surface area contributed by atoms with Gasteiger partial charge in [0.25, 0.3) is 0 Å². The average molecular weight is 520 g/mol. The minimum Gasteiger partial charge on any atom is -0.496 e. The van der Waals surface area contributed by atoms with E-state index in [1.165, 1.54) is 0 Å². The molecular weight excluding hydrogens is 503 g/mol. The maximum atomic E-state index is 12.9. The van der Waals surface area contributed by atoms with Crippen LogP contribution < -0.4 is 14.2 Å². The first-order chi connectivity index (χ1) is 14.9. The minimum atomic E-state index is -0.184. The van der Waals surface area contributed by atoms with E-state index in [2.05, 4.69) is 15.9 Å². The molecule has 1 heterocycles. The van der Waals surface area contributed by atoms with Crippen molar-refractivity contribution < 1.29 is 19.0 Å². The summed E-state index contributed by atoms with van der Waals surface area (Å²) >= 11 is 15.5. The highest BCUT2D eigenvalue weighted by atomic mass is 79.9. The fraction of sp³-hybridized carbons (Fsp3) is 0.125. The van der Waals surface area contributed by atoms with E-state index in [-0.39, 0.29) is 11.5 Å². The molecule has 0 spiro atoms. The lowest BCUT2D eigenvalue weighted by molar-refractivity contribution is 0.101. The zero-order valence-corrected chi connectivity index (χ0v) is 19.8. The third-order valence-corrected chi connectivity index (χ3v) is 6.13. The monoisotopic (exact) mass is 518 g/mol. The number of fused-ring (bicyclic) bond motifs is 1. The molecule has 0 aromatic heterocycles. The number of allylic oxidation sites excluding steroid dienone is 1. The van der Waals surface area contributed by atoms with Crippen molar-refractivity contribution in [3.05, 3.63) is 91.1 Å². The molecule has 0 amide bonds. The van der Waals surface area contributed by atoms with Crippen LogP contribution in [-0.2, 0) is 6.61 Å². The van der Waals surface area contributed by atoms with Gasteiger partial charge in [0.05, 0.1) is 22.7 Å². The van der Waals surface area contributed by atoms with Gasteiger partial charge in [-0.25, -0.2) is 0 Å². The first-order valence-corrected chi connectivity index (χ1v) is 10.9. The summed E-state index contributed by atoms with van der Waals surface area (Å²) in [5, 5.41) is 0.965. The van der Waals surface area contributed by atoms with Crippen molar-refractivity contribution in [1.29, 1.82) is 0 Å². The highest BCUT2D eigenvalue weighted by molar-refractivity contribution is 9.10. The number of hydrogen-bond donors (Lipinski definition) is 0. The Hall–Kier alpha value is -2.47. The quantitative estimate of drug-likeness (QED) is 0.332. The molecule has 0 radical (unpaired) electrons. The third kappa shape index (κ3) is 4.45. The van der Waals surface area contributed by atoms with Crippen LogP contribution in [0.3, 0.4) is 0 Å². The maximum absolute atomic E-state index is 12.9. The molecule has 0 aliphatic carbocycles. The molecule has 0 bridgehead atoms. The molecule has 0 atom stereocenters. The second kappa shape index (κ2) is 8.95. The van der Waals surface area contributed by atoms with Gasteiger partial charge in [-0.1, -0.05) is 45.2 Å². The number of hydrogen-bond acceptors (Lipinski definition) is 4. The molecule has 0 N–H and O–H groups in total. The Kier molecular flexibility index (Phi) is 6.28. The van der Waals surface area contributed by atoms with E-state index in [1.807, 2.05) is 31.2 Å². The number of carbonyl (C=O) groups is 1. The Bertz CT molecular complexity index is 1220. The van der Waals surface area contributed by atoms with Crippen molar-refractivity contribution in [1.82, 2.24) is 0 Å². The highest BCUT2D eigenvalue weighted by Gasteiger charge is 2.30. The van der Waals surface area contributed by atoms with E-state index in [9.17, 15) is 4.79 Å². The molecule has 4 rings (SSSR count). The van der Waals surface area contributed by atoms with Crippen molar-refractivity contribution in [3.63, 3.8) is 0 Å². The smallest absolute Gasteiger partial charge is 0.231 e. The van der Waals surface area contributed by atoms with Crippen molar-refractivity contribution in [2.24, 2.45) is 0 Å². The van der Waals surface area contributed by atoms with Gasteiger partial charge in [-0.2, -0.15) is 0 Å². The summed E-state index contributed by atoms with van der Waals surface area (Å²) < 4.78 is 18.1. The van der Waals surface area contributed by atoms with Gasteiger partial charge in [0.2, 0.25) is 5.78 Å². The van der Waals surface area contributed by atoms with Crippen LogP contribution in [0.5, 0.6) is 17.2 Å². The number of methoxy groups -OCH3 is 1. The molecule has 0 unspecified atom stereocenters. The molecule has 0 saturated carbocycles. The Labute approximate surface area is 198 Å². The predicted octanol–water partition coefficient (Wildman–Crippen LogP) is 7.27. The van der Waals surface area contributed by atoms with Gasteiger partial charge in [-0.05, 0) is 61.0 Å². The number of ketones is 1. The van der Waals surface area contributed by atoms with Crippen LogP contribution in [0, 0.1) is 6.92 Å². The van der Waals surface area contributed by atoms with Crippen molar-refractivity contribution >= 4 is 51.0 Å². The normalized spacial score (nSPS) is 13.8. The second-order valence-electron chi connectivity index (χ2n) is 6.93. The fourth-order valence-electron chi connectivity index (χ4n) is 3.27. The van der Waals surface area contributed by atoms with Crippen molar-refractivity contribution in [3.8, 4) is 17.2 Å². The Morgan fingerprint density at radius 1 is 1.03 bits per heavy atom. The van der Waals surface area contributed by atoms with E-state index in [0.29, 0.717) is 39.5 Å². The summed E-state index contributed by atoms with van der Waals surface area (Å²) in [6.45, 7) is 2.17. The standard InChI is InChI=1S/C24H17BrCl2O4/c1-13-20(30-12-14-3-6-18(26)19(27)9-14)8-5-17-23(28)22(31-24(13)17)11-15-10-16(25)4-7-21(15)29-2/h3-11H,12H2,1-2H3/b22-11-. The van der Waals surface area contributed by atoms with Gasteiger partial charge in [-0.3, -0.25) is 4.79 Å². The molecule has 4 nitrogen and oxygen atoms in total. The van der Waals surface area contributed by atoms with Gasteiger partial charge in [0.1, 0.15) is 23.9 Å². The first kappa shape index (κ1) is 21.8. The van der Waals surface area contributed by atoms with E-state index < -0.39 is 0 Å². The summed E-state index contributed by atoms with van der Waals surface area (Å²) in [5.41, 5.74) is 2.87. The lowest BCUT2D eigenvalue weighted by Gasteiger charge is -2.12. The number of carbonyl (C=O) groups excluding carboxylic acids is 1. The minimum absolute atomic E-state index is 0.184. The summed E-state index contributed by atoms with van der Waals surface area (Å²) in [4.78, 5) is 12.9. The molecular formula is C24H17BrCl2O4. The van der Waals surface area contributed by atoms with E-state index in [1.54, 1.807) is 37.5 Å². The van der Waals surface area contributed by atoms with Crippen LogP contribution in [0.1, 0.15) is 27.0 Å². The van der Waals surface area contributed by atoms with Gasteiger partial charge in [-0.15, -0.1) is 0 Å². The first-order valence-electron chi connectivity index (χ1n) is 9.35. The topological polar surface area (TPSA) is 44.8 Å². The van der Waals surface area contributed by atoms with Crippen LogP contribution >= 0.6 is 39.1 Å². The summed E-state index contributed by atoms with van der Waals surface area (Å²) in [6.07, 6.45) is 1.68. The average Bonchev–Trinajstić information content (AvgIpc) is 3.06. The number of rotatable bonds is 5. The third-order valence-electron chi connectivity index (χ3n) is 4.89. The van der Waals surface area contributed by atoms with Crippen LogP contribution in [0.15, 0.2) is 58.8 Å². The van der Waals surface area contributed by atoms with Crippen LogP contribution in [-0.4, -0.2) is 12.9 Å². The Morgan fingerprint density at radius 2 is 1.81 bits per heavy atom. The van der Waals surface area contributed by atoms with Gasteiger partial charge in [0.15, 0.2) is 5.76 Å². The number of benzene rings is 3. The zero-order chi connectivity index (χ0) is 22.1. The van der Waals surface area contributed by atoms with Crippen LogP contribution in [0.4, 0.5) is 0 Å². The summed E-state index contributed by atoms with van der Waals surface area (Å²) in [5.74, 6) is 1.81. The SMILES string of the molecule is COc1ccc(Br)cc1/C=C1\Oc2c(ccc(OCc3ccc(Cl)c(Cl)c3)c2C)C1=O. The summed E-state index contributed by atoms with van der Waals surface area (Å²) in [6, 6.07) is 14.4. The van der Waals surface area contributed by atoms with E-state index in [0.717, 1.165) is 21.2 Å². The van der Waals surface area contributed by atoms with E-state index in [4.69, 9.17) is 37.4 Å². The molecule has 158 valence electrons. The van der Waals surface area contributed by atoms with Gasteiger partial charge in [0, 0.05) is 15.6 Å². The molecule has 31 heavy (non-hydrogen) atoms. The van der Waals surface area contributed by atoms with Gasteiger partial charge < -0.3 is 14.2 Å². The predicted molar refractivity (Wildman–Crippen MR) is 126 cm³/mol. The highest BCUT2D eigenvalue weighted by Crippen LogP contribution is 2.40. The number of Topliss-reactive ketones (excluding diaryl/α,β-unsaturated/α-hetero) is 1. The Balaban J connectivity index is 1.59. The number of halogens is 3. The van der Waals surface area contributed by atoms with Crippen molar-refractivity contribution in [2.45, 2.75) is 13.5 Å². The summed E-state index contributed by atoms with van der Waals surface area (Å²) in [7, 11) is 1.58. The largest absolute Gasteiger partial charge is 0.496 e. The molecule has 3 aromatic carbocycles. The molecule has 1 aliphatic heterocycles. The lowest BCUT2D eigenvalue weighted by Crippen LogP contribution is -1.99. The Morgan fingerprint density at radius 3 is 2.55 bits per heavy atom. The number of ether oxygens (including phenoxy) is 3.